The van der Waals surface area contributed by atoms with Crippen LogP contribution in [0.25, 0.3) is 0 Å². The van der Waals surface area contributed by atoms with Crippen molar-refractivity contribution in [3.05, 3.63) is 0 Å². The topological polar surface area (TPSA) is 51.1 Å². The summed E-state index contributed by atoms with van der Waals surface area (Å²) in [4.78, 5) is 10.0. The van der Waals surface area contributed by atoms with Crippen LogP contribution in [0.5, 0.6) is 0 Å². The number of hydrogen-bond donors (Lipinski definition) is 2. The van der Waals surface area contributed by atoms with E-state index in [1.165, 1.54) is 57.9 Å². The van der Waals surface area contributed by atoms with Crippen molar-refractivity contribution in [2.75, 3.05) is 45.8 Å². The van der Waals surface area contributed by atoms with Crippen LogP contribution in [-0.2, 0) is 0 Å². The molecule has 0 aromatic carbocycles. The predicted octanol–water partition coefficient (Wildman–Crippen LogP) is 3.85. The van der Waals surface area contributed by atoms with Crippen molar-refractivity contribution < 1.29 is 5.11 Å². The lowest BCUT2D eigenvalue weighted by molar-refractivity contribution is 0.0824. The molecule has 3 fully saturated rings. The molecule has 5 nitrogen and oxygen atoms in total. The van der Waals surface area contributed by atoms with Gasteiger partial charge in [0.15, 0.2) is 5.96 Å². The molecule has 2 saturated heterocycles. The molecule has 0 aromatic rings. The van der Waals surface area contributed by atoms with Gasteiger partial charge in [0.2, 0.25) is 0 Å². The van der Waals surface area contributed by atoms with Gasteiger partial charge in [-0.2, -0.15) is 0 Å². The third-order valence-electron chi connectivity index (χ3n) is 6.91. The maximum absolute atomic E-state index is 9.63. The number of rotatable bonds is 5. The van der Waals surface area contributed by atoms with Crippen molar-refractivity contribution in [3.8, 4) is 0 Å². The predicted molar refractivity (Wildman–Crippen MR) is 129 cm³/mol. The highest BCUT2D eigenvalue weighted by Crippen LogP contribution is 2.42. The molecule has 0 bridgehead atoms. The molecule has 0 aromatic heterocycles. The van der Waals surface area contributed by atoms with E-state index in [2.05, 4.69) is 22.0 Å². The third-order valence-corrected chi connectivity index (χ3v) is 6.91. The number of aliphatic hydroxyl groups excluding tert-OH is 1. The molecule has 0 amide bonds. The zero-order valence-electron chi connectivity index (χ0n) is 18.0. The minimum atomic E-state index is -0.0740. The molecule has 2 aliphatic heterocycles. The van der Waals surface area contributed by atoms with Crippen LogP contribution in [0.3, 0.4) is 0 Å². The standard InChI is InChI=1S/C22H42N4O.HI/c1-2-23-21(24-14-8-15-25-17-9-20(27)10-18-25)26-16-7-13-22(19-26)11-5-3-4-6-12-22;/h20,27H,2-19H2,1H3,(H,23,24);1H. The largest absolute Gasteiger partial charge is 0.393 e. The summed E-state index contributed by atoms with van der Waals surface area (Å²) in [5.41, 5.74) is 0.555. The van der Waals surface area contributed by atoms with E-state index >= 15 is 0 Å². The number of likely N-dealkylation sites (tertiary alicyclic amines) is 2. The van der Waals surface area contributed by atoms with Crippen LogP contribution >= 0.6 is 24.0 Å². The summed E-state index contributed by atoms with van der Waals surface area (Å²) >= 11 is 0. The van der Waals surface area contributed by atoms with E-state index in [1.54, 1.807) is 0 Å². The summed E-state index contributed by atoms with van der Waals surface area (Å²) in [7, 11) is 0. The Morgan fingerprint density at radius 2 is 1.71 bits per heavy atom. The minimum absolute atomic E-state index is 0. The first-order valence-corrected chi connectivity index (χ1v) is 11.6. The molecule has 0 radical (unpaired) electrons. The maximum Gasteiger partial charge on any atom is 0.193 e. The Bertz CT molecular complexity index is 457. The Kier molecular flexibility index (Phi) is 10.9. The first-order valence-electron chi connectivity index (χ1n) is 11.6. The number of guanidine groups is 1. The molecule has 0 unspecified atom stereocenters. The van der Waals surface area contributed by atoms with E-state index in [1.807, 2.05) is 0 Å². The number of nitrogens with one attached hydrogen (secondary N) is 1. The molecular weight excluding hydrogens is 463 g/mol. The number of aliphatic hydroxyl groups is 1. The Hall–Kier alpha value is -0.0800. The highest BCUT2D eigenvalue weighted by Gasteiger charge is 2.36. The van der Waals surface area contributed by atoms with Crippen molar-refractivity contribution >= 4 is 29.9 Å². The average Bonchev–Trinajstić information content (AvgIpc) is 2.91. The smallest absolute Gasteiger partial charge is 0.193 e. The van der Waals surface area contributed by atoms with E-state index in [4.69, 9.17) is 4.99 Å². The molecule has 0 atom stereocenters. The zero-order valence-corrected chi connectivity index (χ0v) is 20.3. The Morgan fingerprint density at radius 1 is 1.04 bits per heavy atom. The van der Waals surface area contributed by atoms with Crippen LogP contribution in [0.2, 0.25) is 0 Å². The van der Waals surface area contributed by atoms with Crippen LogP contribution in [0, 0.1) is 5.41 Å². The van der Waals surface area contributed by atoms with Gasteiger partial charge in [-0.1, -0.05) is 25.7 Å². The first kappa shape index (κ1) is 24.2. The van der Waals surface area contributed by atoms with Gasteiger partial charge in [-0.15, -0.1) is 24.0 Å². The summed E-state index contributed by atoms with van der Waals surface area (Å²) in [5.74, 6) is 1.15. The van der Waals surface area contributed by atoms with Gasteiger partial charge in [0.25, 0.3) is 0 Å². The van der Waals surface area contributed by atoms with Crippen LogP contribution in [0.4, 0.5) is 0 Å². The van der Waals surface area contributed by atoms with E-state index in [0.717, 1.165) is 64.5 Å². The molecule has 3 aliphatic rings. The van der Waals surface area contributed by atoms with E-state index in [-0.39, 0.29) is 30.1 Å². The Labute approximate surface area is 189 Å². The van der Waals surface area contributed by atoms with Crippen LogP contribution in [0.15, 0.2) is 4.99 Å². The summed E-state index contributed by atoms with van der Waals surface area (Å²) in [6, 6.07) is 0. The van der Waals surface area contributed by atoms with E-state index < -0.39 is 0 Å². The molecule has 1 aliphatic carbocycles. The third kappa shape index (κ3) is 7.31. The average molecular weight is 507 g/mol. The van der Waals surface area contributed by atoms with Crippen molar-refractivity contribution in [1.82, 2.24) is 15.1 Å². The second-order valence-corrected chi connectivity index (χ2v) is 9.10. The number of nitrogens with zero attached hydrogens (tertiary/aromatic N) is 3. The minimum Gasteiger partial charge on any atom is -0.393 e. The number of piperidine rings is 2. The lowest BCUT2D eigenvalue weighted by Crippen LogP contribution is -2.50. The molecule has 3 rings (SSSR count). The molecule has 6 heteroatoms. The summed E-state index contributed by atoms with van der Waals surface area (Å²) in [6.45, 7) is 9.61. The molecule has 2 heterocycles. The van der Waals surface area contributed by atoms with E-state index in [9.17, 15) is 5.11 Å². The fraction of sp³-hybridized carbons (Fsp3) is 0.955. The number of hydrogen-bond acceptors (Lipinski definition) is 3. The Balaban J connectivity index is 0.00000280. The summed E-state index contributed by atoms with van der Waals surface area (Å²) in [6.07, 6.45) is 14.2. The van der Waals surface area contributed by atoms with E-state index in [0.29, 0.717) is 5.41 Å². The quantitative estimate of drug-likeness (QED) is 0.258. The van der Waals surface area contributed by atoms with Crippen molar-refractivity contribution in [1.29, 1.82) is 0 Å². The van der Waals surface area contributed by atoms with Gasteiger partial charge in [0, 0.05) is 39.3 Å². The highest BCUT2D eigenvalue weighted by atomic mass is 127. The first-order chi connectivity index (χ1) is 13.2. The van der Waals surface area contributed by atoms with Gasteiger partial charge in [0.1, 0.15) is 0 Å². The van der Waals surface area contributed by atoms with Gasteiger partial charge in [0.05, 0.1) is 6.10 Å². The second-order valence-electron chi connectivity index (χ2n) is 9.10. The SMILES string of the molecule is CCNC(=NCCCN1CCC(O)CC1)N1CCCC2(CCCCCC2)C1.I. The van der Waals surface area contributed by atoms with Gasteiger partial charge in [-0.25, -0.2) is 0 Å². The molecular formula is C22H43IN4O. The fourth-order valence-corrected chi connectivity index (χ4v) is 5.32. The maximum atomic E-state index is 9.63. The number of halogens is 1. The zero-order chi connectivity index (χ0) is 19.0. The monoisotopic (exact) mass is 506 g/mol. The van der Waals surface area contributed by atoms with Crippen molar-refractivity contribution in [3.63, 3.8) is 0 Å². The molecule has 1 saturated carbocycles. The van der Waals surface area contributed by atoms with Gasteiger partial charge >= 0.3 is 0 Å². The van der Waals surface area contributed by atoms with Crippen LogP contribution in [-0.4, -0.2) is 72.8 Å². The second kappa shape index (κ2) is 12.6. The van der Waals surface area contributed by atoms with Crippen LogP contribution in [0.1, 0.15) is 77.6 Å². The number of aliphatic imine (C=N–C) groups is 1. The van der Waals surface area contributed by atoms with Crippen molar-refractivity contribution in [2.45, 2.75) is 83.7 Å². The van der Waals surface area contributed by atoms with Gasteiger partial charge in [-0.05, 0) is 63.8 Å². The van der Waals surface area contributed by atoms with Gasteiger partial charge in [-0.3, -0.25) is 4.99 Å². The molecule has 2 N–H and O–H groups in total. The molecule has 1 spiro atoms. The lowest BCUT2D eigenvalue weighted by Gasteiger charge is -2.44. The summed E-state index contributed by atoms with van der Waals surface area (Å²) in [5, 5.41) is 13.2. The van der Waals surface area contributed by atoms with Crippen LogP contribution < -0.4 is 5.32 Å². The van der Waals surface area contributed by atoms with Crippen molar-refractivity contribution in [2.24, 2.45) is 10.4 Å². The molecule has 164 valence electrons. The van der Waals surface area contributed by atoms with Gasteiger partial charge < -0.3 is 20.2 Å². The summed E-state index contributed by atoms with van der Waals surface area (Å²) < 4.78 is 0. The highest BCUT2D eigenvalue weighted by molar-refractivity contribution is 14.0. The lowest BCUT2D eigenvalue weighted by atomic mass is 9.74. The Morgan fingerprint density at radius 3 is 2.39 bits per heavy atom. The molecule has 28 heavy (non-hydrogen) atoms. The fourth-order valence-electron chi connectivity index (χ4n) is 5.32. The normalized spacial score (nSPS) is 24.6.